The van der Waals surface area contributed by atoms with Gasteiger partial charge in [-0.2, -0.15) is 0 Å². The number of hydrogen-bond donors (Lipinski definition) is 1. The zero-order valence-corrected chi connectivity index (χ0v) is 24.6. The molecule has 3 aromatic rings. The van der Waals surface area contributed by atoms with Gasteiger partial charge in [0.05, 0.1) is 17.0 Å². The molecule has 3 rings (SSSR count). The van der Waals surface area contributed by atoms with Gasteiger partial charge < -0.3 is 10.2 Å². The third-order valence-corrected chi connectivity index (χ3v) is 7.90. The van der Waals surface area contributed by atoms with Crippen LogP contribution in [0.4, 0.5) is 10.1 Å². The summed E-state index contributed by atoms with van der Waals surface area (Å²) in [6, 6.07) is 18.1. The van der Waals surface area contributed by atoms with Crippen LogP contribution in [0.25, 0.3) is 0 Å². The lowest BCUT2D eigenvalue weighted by Gasteiger charge is -2.33. The molecule has 7 nitrogen and oxygen atoms in total. The van der Waals surface area contributed by atoms with Crippen molar-refractivity contribution < 1.29 is 22.4 Å². The van der Waals surface area contributed by atoms with E-state index in [1.54, 1.807) is 0 Å². The summed E-state index contributed by atoms with van der Waals surface area (Å²) in [5.41, 5.74) is 1.42. The van der Waals surface area contributed by atoms with Crippen LogP contribution in [-0.2, 0) is 32.6 Å². The molecule has 0 aliphatic heterocycles. The molecule has 0 aromatic heterocycles. The van der Waals surface area contributed by atoms with E-state index < -0.39 is 34.3 Å². The predicted molar refractivity (Wildman–Crippen MR) is 157 cm³/mol. The van der Waals surface area contributed by atoms with Crippen LogP contribution in [-0.4, -0.2) is 50.5 Å². The number of benzene rings is 3. The van der Waals surface area contributed by atoms with Gasteiger partial charge >= 0.3 is 0 Å². The molecule has 1 N–H and O–H groups in total. The summed E-state index contributed by atoms with van der Waals surface area (Å²) in [4.78, 5) is 28.9. The van der Waals surface area contributed by atoms with E-state index in [0.29, 0.717) is 12.1 Å². The van der Waals surface area contributed by atoms with Gasteiger partial charge in [-0.25, -0.2) is 12.8 Å². The van der Waals surface area contributed by atoms with Crippen LogP contribution in [0.3, 0.4) is 0 Å². The standard InChI is InChI=1S/C29H32Cl2FN3O4S/c1-3-4-16-33-29(37)27(17-21-8-6-5-7-9-21)34(19-22-10-13-24(32)14-11-22)28(36)20-35(40(2,38)39)26-18-23(30)12-15-25(26)31/h5-15,18,27H,3-4,16-17,19-20H2,1-2H3,(H,33,37)/t27-/m0/s1. The molecule has 40 heavy (non-hydrogen) atoms. The van der Waals surface area contributed by atoms with E-state index in [1.807, 2.05) is 37.3 Å². The first kappa shape index (κ1) is 31.4. The van der Waals surface area contributed by atoms with Gasteiger partial charge in [-0.3, -0.25) is 13.9 Å². The molecule has 0 radical (unpaired) electrons. The molecule has 1 atom stereocenters. The Bertz CT molecular complexity index is 1410. The lowest BCUT2D eigenvalue weighted by molar-refractivity contribution is -0.140. The summed E-state index contributed by atoms with van der Waals surface area (Å²) in [6.45, 7) is 1.73. The van der Waals surface area contributed by atoms with Crippen molar-refractivity contribution in [2.75, 3.05) is 23.7 Å². The first-order valence-corrected chi connectivity index (χ1v) is 15.4. The third-order valence-electron chi connectivity index (χ3n) is 6.22. The summed E-state index contributed by atoms with van der Waals surface area (Å²) in [6.07, 6.45) is 2.76. The van der Waals surface area contributed by atoms with Gasteiger partial charge in [0.25, 0.3) is 0 Å². The fourth-order valence-electron chi connectivity index (χ4n) is 4.12. The topological polar surface area (TPSA) is 86.8 Å². The Labute approximate surface area is 244 Å². The number of amides is 2. The normalized spacial score (nSPS) is 12.0. The third kappa shape index (κ3) is 8.94. The van der Waals surface area contributed by atoms with Crippen LogP contribution in [0.2, 0.25) is 10.0 Å². The number of halogens is 3. The average molecular weight is 609 g/mol. The zero-order chi connectivity index (χ0) is 29.3. The predicted octanol–water partition coefficient (Wildman–Crippen LogP) is 5.45. The second-order valence-electron chi connectivity index (χ2n) is 9.36. The number of nitrogens with one attached hydrogen (secondary N) is 1. The van der Waals surface area contributed by atoms with Crippen molar-refractivity contribution in [3.8, 4) is 0 Å². The summed E-state index contributed by atoms with van der Waals surface area (Å²) in [5.74, 6) is -1.46. The van der Waals surface area contributed by atoms with Crippen molar-refractivity contribution in [3.63, 3.8) is 0 Å². The highest BCUT2D eigenvalue weighted by Gasteiger charge is 2.33. The minimum atomic E-state index is -3.99. The van der Waals surface area contributed by atoms with Crippen LogP contribution in [0.15, 0.2) is 72.8 Å². The van der Waals surface area contributed by atoms with Crippen molar-refractivity contribution >= 4 is 50.7 Å². The average Bonchev–Trinajstić information content (AvgIpc) is 2.91. The van der Waals surface area contributed by atoms with E-state index in [4.69, 9.17) is 23.2 Å². The SMILES string of the molecule is CCCCNC(=O)[C@H](Cc1ccccc1)N(Cc1ccc(F)cc1)C(=O)CN(c1cc(Cl)ccc1Cl)S(C)(=O)=O. The quantitative estimate of drug-likeness (QED) is 0.262. The summed E-state index contributed by atoms with van der Waals surface area (Å²) < 4.78 is 40.2. The molecule has 2 amide bonds. The molecule has 11 heteroatoms. The van der Waals surface area contributed by atoms with E-state index in [2.05, 4.69) is 5.32 Å². The molecule has 0 aliphatic carbocycles. The highest BCUT2D eigenvalue weighted by Crippen LogP contribution is 2.31. The molecule has 0 fully saturated rings. The molecule has 0 bridgehead atoms. The monoisotopic (exact) mass is 607 g/mol. The number of unbranched alkanes of at least 4 members (excludes halogenated alkanes) is 1. The van der Waals surface area contributed by atoms with E-state index in [0.717, 1.165) is 29.0 Å². The Balaban J connectivity index is 2.05. The molecule has 0 heterocycles. The lowest BCUT2D eigenvalue weighted by Crippen LogP contribution is -2.53. The van der Waals surface area contributed by atoms with Crippen molar-refractivity contribution in [2.24, 2.45) is 0 Å². The van der Waals surface area contributed by atoms with E-state index in [9.17, 15) is 22.4 Å². The fourth-order valence-corrected chi connectivity index (χ4v) is 5.41. The molecule has 0 aliphatic rings. The Kier molecular flexibility index (Phi) is 11.4. The first-order chi connectivity index (χ1) is 19.0. The number of rotatable bonds is 13. The first-order valence-electron chi connectivity index (χ1n) is 12.8. The molecule has 0 spiro atoms. The second kappa shape index (κ2) is 14.5. The minimum absolute atomic E-state index is 0.0405. The summed E-state index contributed by atoms with van der Waals surface area (Å²) in [5, 5.41) is 3.23. The van der Waals surface area contributed by atoms with Gasteiger partial charge in [-0.1, -0.05) is 79.0 Å². The highest BCUT2D eigenvalue weighted by molar-refractivity contribution is 7.92. The number of sulfonamides is 1. The van der Waals surface area contributed by atoms with Gasteiger partial charge in [0.2, 0.25) is 21.8 Å². The Morgan fingerprint density at radius 1 is 0.975 bits per heavy atom. The summed E-state index contributed by atoms with van der Waals surface area (Å²) in [7, 11) is -3.99. The van der Waals surface area contributed by atoms with Gasteiger partial charge in [0, 0.05) is 24.5 Å². The van der Waals surface area contributed by atoms with Gasteiger partial charge in [0.15, 0.2) is 0 Å². The Morgan fingerprint density at radius 2 is 1.65 bits per heavy atom. The van der Waals surface area contributed by atoms with Crippen LogP contribution in [0.5, 0.6) is 0 Å². The maximum absolute atomic E-state index is 14.0. The maximum Gasteiger partial charge on any atom is 0.244 e. The molecule has 0 saturated heterocycles. The second-order valence-corrected chi connectivity index (χ2v) is 12.1. The molecule has 3 aromatic carbocycles. The number of anilines is 1. The van der Waals surface area contributed by atoms with Crippen molar-refractivity contribution in [1.82, 2.24) is 10.2 Å². The van der Waals surface area contributed by atoms with Crippen LogP contribution in [0.1, 0.15) is 30.9 Å². The number of hydrogen-bond acceptors (Lipinski definition) is 4. The number of nitrogens with zero attached hydrogens (tertiary/aromatic N) is 2. The zero-order valence-electron chi connectivity index (χ0n) is 22.3. The summed E-state index contributed by atoms with van der Waals surface area (Å²) >= 11 is 12.4. The Hall–Kier alpha value is -3.14. The van der Waals surface area contributed by atoms with Crippen LogP contribution < -0.4 is 9.62 Å². The maximum atomic E-state index is 14.0. The Morgan fingerprint density at radius 3 is 2.27 bits per heavy atom. The van der Waals surface area contributed by atoms with Crippen LogP contribution in [0, 0.1) is 5.82 Å². The largest absolute Gasteiger partial charge is 0.354 e. The smallest absolute Gasteiger partial charge is 0.244 e. The molecule has 0 unspecified atom stereocenters. The highest BCUT2D eigenvalue weighted by atomic mass is 35.5. The number of carbonyl (C=O) groups is 2. The number of carbonyl (C=O) groups excluding carboxylic acids is 2. The van der Waals surface area contributed by atoms with Crippen molar-refractivity contribution in [2.45, 2.75) is 38.8 Å². The van der Waals surface area contributed by atoms with Crippen LogP contribution >= 0.6 is 23.2 Å². The molecule has 214 valence electrons. The van der Waals surface area contributed by atoms with Gasteiger partial charge in [-0.05, 0) is 47.9 Å². The molecule has 0 saturated carbocycles. The van der Waals surface area contributed by atoms with E-state index in [-0.39, 0.29) is 34.6 Å². The van der Waals surface area contributed by atoms with Crippen molar-refractivity contribution in [1.29, 1.82) is 0 Å². The fraction of sp³-hybridized carbons (Fsp3) is 0.310. The van der Waals surface area contributed by atoms with Crippen molar-refractivity contribution in [3.05, 3.63) is 99.8 Å². The van der Waals surface area contributed by atoms with E-state index >= 15 is 0 Å². The van der Waals surface area contributed by atoms with Gasteiger partial charge in [0.1, 0.15) is 18.4 Å². The van der Waals surface area contributed by atoms with Gasteiger partial charge in [-0.15, -0.1) is 0 Å². The van der Waals surface area contributed by atoms with E-state index in [1.165, 1.54) is 47.4 Å². The minimum Gasteiger partial charge on any atom is -0.354 e. The molecular weight excluding hydrogens is 576 g/mol. The lowest BCUT2D eigenvalue weighted by atomic mass is 10.0. The molecular formula is C29H32Cl2FN3O4S.